The van der Waals surface area contributed by atoms with Crippen LogP contribution < -0.4 is 9.64 Å². The van der Waals surface area contributed by atoms with Crippen LogP contribution in [-0.4, -0.2) is 82.1 Å². The predicted molar refractivity (Wildman–Crippen MR) is 152 cm³/mol. The first kappa shape index (κ1) is 26.3. The number of anilines is 1. The highest BCUT2D eigenvalue weighted by Gasteiger charge is 2.49. The number of hydrogen-bond acceptors (Lipinski definition) is 7. The maximum absolute atomic E-state index is 16.5. The number of ether oxygens (including phenoxy) is 1. The van der Waals surface area contributed by atoms with Gasteiger partial charge in [0.1, 0.15) is 29.5 Å². The van der Waals surface area contributed by atoms with Gasteiger partial charge >= 0.3 is 6.01 Å². The van der Waals surface area contributed by atoms with Gasteiger partial charge in [-0.2, -0.15) is 9.97 Å². The van der Waals surface area contributed by atoms with Gasteiger partial charge in [-0.15, -0.1) is 0 Å². The summed E-state index contributed by atoms with van der Waals surface area (Å²) in [7, 11) is 2.07. The number of benzene rings is 1. The molecular weight excluding hydrogens is 526 g/mol. The summed E-state index contributed by atoms with van der Waals surface area (Å²) >= 11 is 0. The molecule has 3 aromatic rings. The first-order valence-corrected chi connectivity index (χ1v) is 14.6. The fourth-order valence-corrected chi connectivity index (χ4v) is 7.15. The van der Waals surface area contributed by atoms with E-state index in [2.05, 4.69) is 33.4 Å². The second-order valence-electron chi connectivity index (χ2n) is 11.7. The second-order valence-corrected chi connectivity index (χ2v) is 11.7. The van der Waals surface area contributed by atoms with Crippen LogP contribution in [0.25, 0.3) is 22.2 Å². The van der Waals surface area contributed by atoms with Crippen LogP contribution in [-0.2, 0) is 17.6 Å². The lowest BCUT2D eigenvalue weighted by Crippen LogP contribution is -2.63. The van der Waals surface area contributed by atoms with E-state index in [1.54, 1.807) is 12.3 Å². The summed E-state index contributed by atoms with van der Waals surface area (Å²) in [5, 5.41) is 0.500. The molecule has 7 rings (SSSR count). The maximum Gasteiger partial charge on any atom is 0.319 e. The fraction of sp³-hybridized carbons (Fsp3) is 0.484. The standard InChI is InChI=1S/C31H34F2N6O2/c1-3-26(40)38-14-12-24-25(38)16-39(24)30-22-15-34-28(21-10-11-23(32)20-9-5-4-8-19(20)21)27(33)29(22)35-31(36-30)41-17-18-7-6-13-37(18)2/h3,10-11,15,18,24-25H,1,4-9,12-14,16-17H2,2H3/t18-,24-,25+/m0/s1. The van der Waals surface area contributed by atoms with Crippen LogP contribution in [0.15, 0.2) is 31.0 Å². The van der Waals surface area contributed by atoms with E-state index in [1.807, 2.05) is 4.90 Å². The van der Waals surface area contributed by atoms with E-state index in [0.717, 1.165) is 44.2 Å². The van der Waals surface area contributed by atoms with E-state index in [0.29, 0.717) is 54.9 Å². The number of aromatic nitrogens is 3. The number of halogens is 2. The van der Waals surface area contributed by atoms with Crippen LogP contribution in [0, 0.1) is 11.6 Å². The van der Waals surface area contributed by atoms with Crippen molar-refractivity contribution in [3.05, 3.63) is 53.7 Å². The van der Waals surface area contributed by atoms with Crippen LogP contribution in [0.3, 0.4) is 0 Å². The summed E-state index contributed by atoms with van der Waals surface area (Å²) in [4.78, 5) is 32.5. The zero-order chi connectivity index (χ0) is 28.2. The largest absolute Gasteiger partial charge is 0.462 e. The van der Waals surface area contributed by atoms with Crippen molar-refractivity contribution in [1.29, 1.82) is 0 Å². The van der Waals surface area contributed by atoms with E-state index in [9.17, 15) is 9.18 Å². The minimum atomic E-state index is -0.555. The lowest BCUT2D eigenvalue weighted by molar-refractivity contribution is -0.127. The van der Waals surface area contributed by atoms with Crippen molar-refractivity contribution in [2.75, 3.05) is 38.2 Å². The number of nitrogens with zero attached hydrogens (tertiary/aromatic N) is 6. The van der Waals surface area contributed by atoms with Crippen LogP contribution in [0.1, 0.15) is 43.2 Å². The van der Waals surface area contributed by atoms with Gasteiger partial charge in [0.25, 0.3) is 0 Å². The molecule has 0 bridgehead atoms. The molecule has 3 fully saturated rings. The van der Waals surface area contributed by atoms with Crippen molar-refractivity contribution < 1.29 is 18.3 Å². The van der Waals surface area contributed by atoms with Gasteiger partial charge in [-0.1, -0.05) is 6.58 Å². The van der Waals surface area contributed by atoms with Crippen LogP contribution in [0.2, 0.25) is 0 Å². The molecule has 41 heavy (non-hydrogen) atoms. The molecule has 0 saturated carbocycles. The van der Waals surface area contributed by atoms with Crippen LogP contribution in [0.4, 0.5) is 14.6 Å². The van der Waals surface area contributed by atoms with Gasteiger partial charge in [-0.3, -0.25) is 9.78 Å². The summed E-state index contributed by atoms with van der Waals surface area (Å²) in [6.07, 6.45) is 9.09. The van der Waals surface area contributed by atoms with Crippen LogP contribution in [0.5, 0.6) is 6.01 Å². The Kier molecular flexibility index (Phi) is 6.60. The summed E-state index contributed by atoms with van der Waals surface area (Å²) < 4.78 is 37.2. The van der Waals surface area contributed by atoms with Crippen LogP contribution >= 0.6 is 0 Å². The number of pyridine rings is 1. The minimum absolute atomic E-state index is 0.0600. The van der Waals surface area contributed by atoms with E-state index in [-0.39, 0.29) is 47.1 Å². The normalized spacial score (nSPS) is 23.8. The molecule has 1 aliphatic carbocycles. The molecule has 3 aliphatic heterocycles. The Balaban J connectivity index is 1.30. The highest BCUT2D eigenvalue weighted by atomic mass is 19.1. The Hall–Kier alpha value is -3.66. The molecule has 214 valence electrons. The Morgan fingerprint density at radius 2 is 1.93 bits per heavy atom. The second kappa shape index (κ2) is 10.3. The summed E-state index contributed by atoms with van der Waals surface area (Å²) in [6.45, 7) is 6.29. The number of rotatable bonds is 6. The molecule has 5 heterocycles. The van der Waals surface area contributed by atoms with Gasteiger partial charge in [0, 0.05) is 30.9 Å². The lowest BCUT2D eigenvalue weighted by Gasteiger charge is -2.47. The van der Waals surface area contributed by atoms with Crippen molar-refractivity contribution in [1.82, 2.24) is 24.8 Å². The lowest BCUT2D eigenvalue weighted by atomic mass is 9.86. The third-order valence-electron chi connectivity index (χ3n) is 9.48. The SMILES string of the molecule is C=CC(=O)N1CC[C@H]2[C@H]1CN2c1nc(OC[C@@H]2CCCN2C)nc2c(F)c(-c3ccc(F)c4c3CCCC4)ncc12. The first-order valence-electron chi connectivity index (χ1n) is 14.6. The fourth-order valence-electron chi connectivity index (χ4n) is 7.15. The third kappa shape index (κ3) is 4.34. The van der Waals surface area contributed by atoms with Crippen molar-refractivity contribution in [3.63, 3.8) is 0 Å². The first-order chi connectivity index (χ1) is 19.9. The zero-order valence-electron chi connectivity index (χ0n) is 23.3. The molecule has 8 nitrogen and oxygen atoms in total. The monoisotopic (exact) mass is 560 g/mol. The molecule has 0 spiro atoms. The number of likely N-dealkylation sites (N-methyl/N-ethyl adjacent to an activating group) is 1. The van der Waals surface area contributed by atoms with E-state index >= 15 is 4.39 Å². The maximum atomic E-state index is 16.5. The summed E-state index contributed by atoms with van der Waals surface area (Å²) in [6, 6.07) is 3.56. The van der Waals surface area contributed by atoms with Gasteiger partial charge < -0.3 is 19.4 Å². The predicted octanol–water partition coefficient (Wildman–Crippen LogP) is 4.30. The van der Waals surface area contributed by atoms with Crippen molar-refractivity contribution in [2.45, 2.75) is 63.1 Å². The topological polar surface area (TPSA) is 74.7 Å². The molecule has 10 heteroatoms. The highest BCUT2D eigenvalue weighted by molar-refractivity contribution is 5.93. The molecular formula is C31H34F2N6O2. The van der Waals surface area contributed by atoms with Gasteiger partial charge in [-0.25, -0.2) is 8.78 Å². The number of carbonyl (C=O) groups excluding carboxylic acids is 1. The number of fused-ring (bicyclic) bond motifs is 3. The zero-order valence-corrected chi connectivity index (χ0v) is 23.3. The Morgan fingerprint density at radius 1 is 1.10 bits per heavy atom. The molecule has 4 aliphatic rings. The molecule has 1 aromatic carbocycles. The van der Waals surface area contributed by atoms with Crippen molar-refractivity contribution >= 4 is 22.6 Å². The molecule has 2 aromatic heterocycles. The Bertz CT molecular complexity index is 1550. The smallest absolute Gasteiger partial charge is 0.319 e. The number of amides is 1. The number of hydrogen-bond donors (Lipinski definition) is 0. The van der Waals surface area contributed by atoms with Gasteiger partial charge in [0.2, 0.25) is 5.91 Å². The Morgan fingerprint density at radius 3 is 2.71 bits per heavy atom. The van der Waals surface area contributed by atoms with E-state index < -0.39 is 5.82 Å². The van der Waals surface area contributed by atoms with Crippen molar-refractivity contribution in [2.24, 2.45) is 0 Å². The minimum Gasteiger partial charge on any atom is -0.462 e. The molecule has 1 amide bonds. The molecule has 3 atom stereocenters. The summed E-state index contributed by atoms with van der Waals surface area (Å²) in [5.74, 6) is -0.303. The van der Waals surface area contributed by atoms with Gasteiger partial charge in [0.15, 0.2) is 5.82 Å². The van der Waals surface area contributed by atoms with E-state index in [4.69, 9.17) is 9.72 Å². The summed E-state index contributed by atoms with van der Waals surface area (Å²) in [5.41, 5.74) is 2.43. The number of carbonyl (C=O) groups is 1. The van der Waals surface area contributed by atoms with E-state index in [1.165, 1.54) is 12.1 Å². The molecule has 0 N–H and O–H groups in total. The Labute approximate surface area is 238 Å². The quantitative estimate of drug-likeness (QED) is 0.417. The highest BCUT2D eigenvalue weighted by Crippen LogP contribution is 2.41. The van der Waals surface area contributed by atoms with Crippen molar-refractivity contribution in [3.8, 4) is 17.3 Å². The average Bonchev–Trinajstić information content (AvgIpc) is 3.54. The molecule has 0 radical (unpaired) electrons. The molecule has 0 unspecified atom stereocenters. The third-order valence-corrected chi connectivity index (χ3v) is 9.48. The number of likely N-dealkylation sites (tertiary alicyclic amines) is 2. The van der Waals surface area contributed by atoms with Gasteiger partial charge in [-0.05, 0) is 87.9 Å². The average molecular weight is 561 g/mol. The van der Waals surface area contributed by atoms with Gasteiger partial charge in [0.05, 0.1) is 17.5 Å². The molecule has 3 saturated heterocycles.